The zero-order chi connectivity index (χ0) is 114. The minimum Gasteiger partial charge on any atom is -0.444 e. The van der Waals surface area contributed by atoms with Crippen LogP contribution in [-0.4, -0.2) is 259 Å². The smallest absolute Gasteiger partial charge is 0.410 e. The first-order valence-corrected chi connectivity index (χ1v) is 62.6. The first-order chi connectivity index (χ1) is 66.0. The van der Waals surface area contributed by atoms with Crippen LogP contribution in [0.4, 0.5) is 4.79 Å². The lowest BCUT2D eigenvalue weighted by molar-refractivity contribution is -0.137. The molecule has 0 aromatic carbocycles. The Kier molecular flexibility index (Phi) is 79.5. The molecule has 21 heteroatoms. The van der Waals surface area contributed by atoms with Crippen LogP contribution in [0.5, 0.6) is 0 Å². The molecule has 8 fully saturated rings. The molecule has 19 nitrogen and oxygen atoms in total. The van der Waals surface area contributed by atoms with E-state index in [1.807, 2.05) is 30.6 Å². The highest BCUT2D eigenvalue weighted by Crippen LogP contribution is 2.36. The van der Waals surface area contributed by atoms with Crippen molar-refractivity contribution in [2.75, 3.05) is 184 Å². The SMILES string of the molecule is CC(C)(C)CC(=O)N1CCOCC1.CC(C)(C)CC1CCOCC1.CC(C)(C)CCC1CCN(C(=O)OC(C)(C)C)CC1.CC(C)(C)CCC1CCOCC1.CC(C)(C)CCCNS(C)(=O)=O.CC(C)(C)CCN1CCCCC1.CC(C)(C)CCN1CCOCC1.CCC(C)(C)C.CCCC(C)(C)C.CCS(=O)(=O)C(C)(C)C.CN1CCC(CCC(C)(C)C)CC1.CN1CCCCC1CC(C)(C)C.COCCC(C)(C)C. The van der Waals surface area contributed by atoms with Gasteiger partial charge in [0, 0.05) is 104 Å². The number of amides is 2. The minimum atomic E-state index is -2.99. The van der Waals surface area contributed by atoms with Crippen molar-refractivity contribution in [2.24, 2.45) is 88.7 Å². The summed E-state index contributed by atoms with van der Waals surface area (Å²) in [5, 5.41) is 0. The number of sulfonamides is 1. The fourth-order valence-corrected chi connectivity index (χ4v) is 18.2. The number of carbonyl (C=O) groups excluding carboxylic acids is 2. The summed E-state index contributed by atoms with van der Waals surface area (Å²) in [4.78, 5) is 37.5. The summed E-state index contributed by atoms with van der Waals surface area (Å²) < 4.78 is 76.7. The first kappa shape index (κ1) is 153. The number of hydrogen-bond donors (Lipinski definition) is 1. The molecule has 1 unspecified atom stereocenters. The topological polar surface area (TPSA) is 189 Å². The summed E-state index contributed by atoms with van der Waals surface area (Å²) in [5.74, 6) is 4.14. The van der Waals surface area contributed by atoms with Crippen molar-refractivity contribution in [3.05, 3.63) is 0 Å². The van der Waals surface area contributed by atoms with E-state index in [1.54, 1.807) is 34.8 Å². The minimum absolute atomic E-state index is 0.0926. The summed E-state index contributed by atoms with van der Waals surface area (Å²) in [6, 6.07) is 0.846. The van der Waals surface area contributed by atoms with Gasteiger partial charge in [-0.15, -0.1) is 0 Å². The van der Waals surface area contributed by atoms with Gasteiger partial charge >= 0.3 is 6.09 Å². The maximum atomic E-state index is 11.9. The van der Waals surface area contributed by atoms with Gasteiger partial charge in [-0.1, -0.05) is 296 Å². The van der Waals surface area contributed by atoms with Crippen molar-refractivity contribution in [3.63, 3.8) is 0 Å². The van der Waals surface area contributed by atoms with Gasteiger partial charge in [0.05, 0.1) is 37.4 Å². The van der Waals surface area contributed by atoms with Gasteiger partial charge in [-0.25, -0.2) is 26.4 Å². The van der Waals surface area contributed by atoms with Crippen LogP contribution in [0.3, 0.4) is 0 Å². The third-order valence-corrected chi connectivity index (χ3v) is 30.6. The van der Waals surface area contributed by atoms with Crippen molar-refractivity contribution in [1.82, 2.24) is 34.1 Å². The number of nitrogens with one attached hydrogen (secondary N) is 1. The Hall–Kier alpha value is -1.76. The van der Waals surface area contributed by atoms with Crippen molar-refractivity contribution >= 4 is 31.9 Å². The van der Waals surface area contributed by atoms with Crippen LogP contribution in [0.25, 0.3) is 0 Å². The van der Waals surface area contributed by atoms with E-state index in [1.165, 1.54) is 213 Å². The highest BCUT2D eigenvalue weighted by molar-refractivity contribution is 7.92. The summed E-state index contributed by atoms with van der Waals surface area (Å²) in [7, 11) is 0.424. The number of likely N-dealkylation sites (tertiary alicyclic amines) is 4. The van der Waals surface area contributed by atoms with Gasteiger partial charge in [0.2, 0.25) is 15.9 Å². The molecule has 1 N–H and O–H groups in total. The average Bonchev–Trinajstić information content (AvgIpc) is 0.843. The lowest BCUT2D eigenvalue weighted by atomic mass is 9.81. The van der Waals surface area contributed by atoms with E-state index >= 15 is 0 Å². The van der Waals surface area contributed by atoms with E-state index in [0.29, 0.717) is 85.7 Å². The van der Waals surface area contributed by atoms with Gasteiger partial charge < -0.3 is 52.9 Å². The average molecular weight is 2120 g/mol. The lowest BCUT2D eigenvalue weighted by Gasteiger charge is -2.36. The summed E-state index contributed by atoms with van der Waals surface area (Å²) in [6.45, 7) is 122. The molecule has 0 radical (unpaired) electrons. The quantitative estimate of drug-likeness (QED) is 0.107. The highest BCUT2D eigenvalue weighted by Gasteiger charge is 2.32. The molecule has 8 saturated heterocycles. The lowest BCUT2D eigenvalue weighted by Crippen LogP contribution is -2.41. The van der Waals surface area contributed by atoms with E-state index in [2.05, 4.69) is 302 Å². The molecule has 0 aromatic heterocycles. The molecule has 8 rings (SSSR count). The fourth-order valence-electron chi connectivity index (χ4n) is 16.8. The van der Waals surface area contributed by atoms with Crippen molar-refractivity contribution in [3.8, 4) is 0 Å². The van der Waals surface area contributed by atoms with Crippen LogP contribution in [0.2, 0.25) is 0 Å². The number of hydrogen-bond acceptors (Lipinski definition) is 16. The van der Waals surface area contributed by atoms with Gasteiger partial charge in [-0.2, -0.15) is 0 Å². The summed E-state index contributed by atoms with van der Waals surface area (Å²) in [5.41, 5.74) is 4.96. The number of morpholine rings is 2. The molecular formula is C125H263N7O12S2. The molecule has 2 amide bonds. The number of sulfone groups is 1. The van der Waals surface area contributed by atoms with Crippen LogP contribution >= 0.6 is 0 Å². The second kappa shape index (κ2) is 76.0. The number of ether oxygens (including phenoxy) is 6. The number of methoxy groups -OCH3 is 1. The maximum Gasteiger partial charge on any atom is 0.410 e. The summed E-state index contributed by atoms with van der Waals surface area (Å²) >= 11 is 0. The van der Waals surface area contributed by atoms with Crippen LogP contribution < -0.4 is 4.72 Å². The predicted octanol–water partition coefficient (Wildman–Crippen LogP) is 32.5. The van der Waals surface area contributed by atoms with Crippen molar-refractivity contribution in [2.45, 2.75) is 527 Å². The third kappa shape index (κ3) is 111. The monoisotopic (exact) mass is 2120 g/mol. The molecule has 8 aliphatic heterocycles. The zero-order valence-electron chi connectivity index (χ0n) is 108. The number of nitrogens with zero attached hydrogens (tertiary/aromatic N) is 6. The number of rotatable bonds is 21. The molecule has 0 saturated carbocycles. The van der Waals surface area contributed by atoms with Crippen LogP contribution in [-0.2, 0) is 53.1 Å². The molecule has 8 aliphatic rings. The Labute approximate surface area is 915 Å². The third-order valence-electron chi connectivity index (χ3n) is 27.2. The van der Waals surface area contributed by atoms with Gasteiger partial charge in [0.1, 0.15) is 5.60 Å². The normalized spacial score (nSPS) is 18.9. The van der Waals surface area contributed by atoms with E-state index in [9.17, 15) is 26.4 Å². The zero-order valence-corrected chi connectivity index (χ0v) is 109. The molecule has 0 aliphatic carbocycles. The van der Waals surface area contributed by atoms with Crippen molar-refractivity contribution in [1.29, 1.82) is 0 Å². The Morgan fingerprint density at radius 2 is 0.699 bits per heavy atom. The second-order valence-electron chi connectivity index (χ2n) is 60.8. The van der Waals surface area contributed by atoms with Crippen molar-refractivity contribution < 1.29 is 54.8 Å². The van der Waals surface area contributed by atoms with Crippen LogP contribution in [0, 0.1) is 88.7 Å². The first-order valence-electron chi connectivity index (χ1n) is 59.1. The van der Waals surface area contributed by atoms with Gasteiger partial charge in [0.15, 0.2) is 9.84 Å². The molecule has 0 aromatic rings. The molecule has 8 heterocycles. The van der Waals surface area contributed by atoms with E-state index in [0.717, 1.165) is 147 Å². The predicted molar refractivity (Wildman–Crippen MR) is 640 cm³/mol. The van der Waals surface area contributed by atoms with E-state index in [4.69, 9.17) is 28.4 Å². The molecule has 0 spiro atoms. The standard InChI is InChI=1S/C16H31NO2.C12H25N.2C11H23N.C11H22O.C10H19NO2.C10H21NO.C10H20O.C8H19NO2S.C7H16O.C7H16.C6H14O2S.C6H14/c1-15(2,3)10-7-13-8-11-17(12-9-13)14(18)19-16(4,5)6;1-12(2,3)8-5-11-6-9-13(4)10-7-11;1-11(2,3)9-10-7-5-6-8-12(10)4;1-11(2,3)7-10-12-8-5-4-6-9-12;1-11(2,3)7-4-10-5-8-12-9-6-10;1-10(2,3)8-9(12)11-4-6-13-7-5-11;1-10(2,3)4-5-11-6-8-12-9-7-11;1-10(2,3)8-9-4-6-11-7-5-9;1-8(2,3)6-5-7-9-12(4,10)11;1-7(2,3)5-6-8-4;1-5-6-7(2,3)4;1-5-9(7,8)6(2,3)4;1-5-6(2,3)4/h13H,7-12H2,1-6H3;11H,5-10H2,1-4H3;10H,5-9H2,1-4H3;4-10H2,1-3H3;10H,4-9H2,1-3H3;4-8H2,1-3H3;4-9H2,1-3H3;9H,4-8H2,1-3H3;9H,5-7H2,1-4H3;5-6H2,1-4H3;5-6H2,1-4H3;5H2,1-4H3;5H2,1-4H3. The fraction of sp³-hybridized carbons (Fsp3) is 0.984. The highest BCUT2D eigenvalue weighted by atomic mass is 32.2. The summed E-state index contributed by atoms with van der Waals surface area (Å²) in [6.07, 6.45) is 40.9. The maximum absolute atomic E-state index is 11.9. The Balaban J connectivity index is -0.000000496. The Morgan fingerprint density at radius 3 is 1.00 bits per heavy atom. The van der Waals surface area contributed by atoms with Gasteiger partial charge in [-0.05, 0) is 357 Å². The molecule has 146 heavy (non-hydrogen) atoms. The largest absolute Gasteiger partial charge is 0.444 e. The Morgan fingerprint density at radius 1 is 0.349 bits per heavy atom. The van der Waals surface area contributed by atoms with E-state index < -0.39 is 24.6 Å². The van der Waals surface area contributed by atoms with Crippen LogP contribution in [0.15, 0.2) is 0 Å². The molecule has 1 atom stereocenters. The Bertz CT molecular complexity index is 3240. The number of piperidine rings is 4. The van der Waals surface area contributed by atoms with Gasteiger partial charge in [-0.3, -0.25) is 9.69 Å². The second-order valence-corrected chi connectivity index (χ2v) is 65.7. The van der Waals surface area contributed by atoms with Crippen LogP contribution in [0.1, 0.15) is 511 Å². The van der Waals surface area contributed by atoms with E-state index in [-0.39, 0.29) is 28.8 Å². The number of carbonyl (C=O) groups is 2. The van der Waals surface area contributed by atoms with Gasteiger partial charge in [0.25, 0.3) is 0 Å². The molecule has 0 bridgehead atoms. The molecule has 882 valence electrons. The molecular weight excluding hydrogens is 1860 g/mol.